The largest absolute Gasteiger partial charge is 0.468 e. The number of hydrogen-bond donors (Lipinski definition) is 1. The molecule has 1 atom stereocenters. The van der Waals surface area contributed by atoms with Crippen LogP contribution in [0, 0.1) is 5.92 Å². The number of benzene rings is 1. The SMILES string of the molecule is O=C(NC1CCCN(CCc2ccccc2)C1)C1CCN(Cc2ccco2)CC1. The maximum Gasteiger partial charge on any atom is 0.223 e. The van der Waals surface area contributed by atoms with Crippen LogP contribution in [-0.2, 0) is 17.8 Å². The Bertz CT molecular complexity index is 739. The molecular formula is C24H33N3O2. The molecule has 2 saturated heterocycles. The molecule has 0 saturated carbocycles. The molecule has 29 heavy (non-hydrogen) atoms. The van der Waals surface area contributed by atoms with Gasteiger partial charge in [-0.1, -0.05) is 30.3 Å². The molecule has 2 aliphatic rings. The molecule has 0 aliphatic carbocycles. The molecule has 2 aromatic rings. The summed E-state index contributed by atoms with van der Waals surface area (Å²) >= 11 is 0. The van der Waals surface area contributed by atoms with Crippen molar-refractivity contribution in [2.45, 2.75) is 44.7 Å². The van der Waals surface area contributed by atoms with E-state index in [9.17, 15) is 4.79 Å². The van der Waals surface area contributed by atoms with Gasteiger partial charge in [0.05, 0.1) is 12.8 Å². The van der Waals surface area contributed by atoms with Crippen LogP contribution in [0.4, 0.5) is 0 Å². The Morgan fingerprint density at radius 3 is 2.59 bits per heavy atom. The van der Waals surface area contributed by atoms with Crippen LogP contribution in [0.15, 0.2) is 53.1 Å². The number of amides is 1. The Labute approximate surface area is 174 Å². The van der Waals surface area contributed by atoms with Gasteiger partial charge in [-0.15, -0.1) is 0 Å². The summed E-state index contributed by atoms with van der Waals surface area (Å²) in [6.07, 6.45) is 6.96. The van der Waals surface area contributed by atoms with Crippen molar-refractivity contribution in [3.05, 3.63) is 60.1 Å². The van der Waals surface area contributed by atoms with Crippen LogP contribution in [0.2, 0.25) is 0 Å². The Kier molecular flexibility index (Phi) is 7.01. The van der Waals surface area contributed by atoms with Crippen molar-refractivity contribution < 1.29 is 9.21 Å². The van der Waals surface area contributed by atoms with E-state index in [4.69, 9.17) is 4.42 Å². The third-order valence-corrected chi connectivity index (χ3v) is 6.33. The smallest absolute Gasteiger partial charge is 0.223 e. The van der Waals surface area contributed by atoms with E-state index in [1.54, 1.807) is 6.26 Å². The maximum absolute atomic E-state index is 12.8. The zero-order chi connectivity index (χ0) is 19.9. The van der Waals surface area contributed by atoms with Crippen molar-refractivity contribution in [2.75, 3.05) is 32.7 Å². The molecule has 2 aliphatic heterocycles. The molecule has 3 heterocycles. The van der Waals surface area contributed by atoms with Gasteiger partial charge in [0.25, 0.3) is 0 Å². The number of carbonyl (C=O) groups excluding carboxylic acids is 1. The van der Waals surface area contributed by atoms with Crippen molar-refractivity contribution in [2.24, 2.45) is 5.92 Å². The van der Waals surface area contributed by atoms with Crippen LogP contribution in [0.1, 0.15) is 37.0 Å². The Hall–Kier alpha value is -2.11. The second-order valence-electron chi connectivity index (χ2n) is 8.51. The number of nitrogens with one attached hydrogen (secondary N) is 1. The highest BCUT2D eigenvalue weighted by molar-refractivity contribution is 5.79. The number of likely N-dealkylation sites (tertiary alicyclic amines) is 2. The lowest BCUT2D eigenvalue weighted by molar-refractivity contribution is -0.127. The Morgan fingerprint density at radius 1 is 1.00 bits per heavy atom. The molecule has 1 N–H and O–H groups in total. The molecule has 0 radical (unpaired) electrons. The molecule has 0 bridgehead atoms. The Balaban J connectivity index is 1.18. The predicted octanol–water partition coefficient (Wildman–Crippen LogP) is 3.31. The summed E-state index contributed by atoms with van der Waals surface area (Å²) in [7, 11) is 0. The number of furan rings is 1. The van der Waals surface area contributed by atoms with Crippen molar-refractivity contribution in [1.82, 2.24) is 15.1 Å². The summed E-state index contributed by atoms with van der Waals surface area (Å²) in [6.45, 7) is 5.97. The van der Waals surface area contributed by atoms with Crippen LogP contribution in [0.5, 0.6) is 0 Å². The quantitative estimate of drug-likeness (QED) is 0.781. The van der Waals surface area contributed by atoms with Crippen LogP contribution in [-0.4, -0.2) is 54.5 Å². The molecule has 1 amide bonds. The van der Waals surface area contributed by atoms with E-state index < -0.39 is 0 Å². The van der Waals surface area contributed by atoms with E-state index in [1.165, 1.54) is 12.0 Å². The fourth-order valence-electron chi connectivity index (χ4n) is 4.60. The van der Waals surface area contributed by atoms with E-state index in [0.29, 0.717) is 6.04 Å². The maximum atomic E-state index is 12.8. The number of rotatable bonds is 7. The molecule has 5 nitrogen and oxygen atoms in total. The molecule has 2 fully saturated rings. The van der Waals surface area contributed by atoms with Gasteiger partial charge >= 0.3 is 0 Å². The van der Waals surface area contributed by atoms with E-state index in [2.05, 4.69) is 45.4 Å². The fourth-order valence-corrected chi connectivity index (χ4v) is 4.60. The average Bonchev–Trinajstić information content (AvgIpc) is 3.27. The molecule has 1 unspecified atom stereocenters. The second-order valence-corrected chi connectivity index (χ2v) is 8.51. The summed E-state index contributed by atoms with van der Waals surface area (Å²) in [6, 6.07) is 14.9. The summed E-state index contributed by atoms with van der Waals surface area (Å²) in [4.78, 5) is 17.7. The average molecular weight is 396 g/mol. The van der Waals surface area contributed by atoms with Gasteiger partial charge in [0.2, 0.25) is 5.91 Å². The fraction of sp³-hybridized carbons (Fsp3) is 0.542. The first-order chi connectivity index (χ1) is 14.3. The van der Waals surface area contributed by atoms with Gasteiger partial charge < -0.3 is 14.6 Å². The minimum absolute atomic E-state index is 0.155. The predicted molar refractivity (Wildman–Crippen MR) is 114 cm³/mol. The highest BCUT2D eigenvalue weighted by Gasteiger charge is 2.28. The molecule has 156 valence electrons. The second kappa shape index (κ2) is 10.1. The van der Waals surface area contributed by atoms with Gasteiger partial charge in [-0.3, -0.25) is 9.69 Å². The first kappa shape index (κ1) is 20.2. The van der Waals surface area contributed by atoms with Gasteiger partial charge in [-0.05, 0) is 69.4 Å². The Morgan fingerprint density at radius 2 is 1.83 bits per heavy atom. The number of piperidine rings is 2. The standard InChI is InChI=1S/C24H33N3O2/c28-24(21-11-15-27(16-12-21)19-23-9-5-17-29-23)25-22-8-4-13-26(18-22)14-10-20-6-2-1-3-7-20/h1-3,5-7,9,17,21-22H,4,8,10-16,18-19H2,(H,25,28). The molecule has 1 aromatic heterocycles. The number of hydrogen-bond acceptors (Lipinski definition) is 4. The van der Waals surface area contributed by atoms with Crippen molar-refractivity contribution in [1.29, 1.82) is 0 Å². The van der Waals surface area contributed by atoms with Crippen molar-refractivity contribution >= 4 is 5.91 Å². The lowest BCUT2D eigenvalue weighted by Gasteiger charge is -2.35. The lowest BCUT2D eigenvalue weighted by Crippen LogP contribution is -2.50. The van der Waals surface area contributed by atoms with E-state index in [-0.39, 0.29) is 11.8 Å². The first-order valence-electron chi connectivity index (χ1n) is 11.1. The number of carbonyl (C=O) groups is 1. The third-order valence-electron chi connectivity index (χ3n) is 6.33. The van der Waals surface area contributed by atoms with Gasteiger partial charge in [-0.2, -0.15) is 0 Å². The summed E-state index contributed by atoms with van der Waals surface area (Å²) < 4.78 is 5.44. The highest BCUT2D eigenvalue weighted by Crippen LogP contribution is 2.20. The topological polar surface area (TPSA) is 48.7 Å². The minimum atomic E-state index is 0.155. The molecule has 5 heteroatoms. The number of nitrogens with zero attached hydrogens (tertiary/aromatic N) is 2. The van der Waals surface area contributed by atoms with Gasteiger partial charge in [0.15, 0.2) is 0 Å². The van der Waals surface area contributed by atoms with Crippen LogP contribution in [0.25, 0.3) is 0 Å². The van der Waals surface area contributed by atoms with Gasteiger partial charge in [0, 0.05) is 25.0 Å². The van der Waals surface area contributed by atoms with Crippen LogP contribution >= 0.6 is 0 Å². The van der Waals surface area contributed by atoms with Gasteiger partial charge in [0.1, 0.15) is 5.76 Å². The summed E-state index contributed by atoms with van der Waals surface area (Å²) in [5.41, 5.74) is 1.39. The van der Waals surface area contributed by atoms with Crippen molar-refractivity contribution in [3.63, 3.8) is 0 Å². The zero-order valence-corrected chi connectivity index (χ0v) is 17.3. The van der Waals surface area contributed by atoms with Gasteiger partial charge in [-0.25, -0.2) is 0 Å². The summed E-state index contributed by atoms with van der Waals surface area (Å²) in [5, 5.41) is 3.36. The highest BCUT2D eigenvalue weighted by atomic mass is 16.3. The zero-order valence-electron chi connectivity index (χ0n) is 17.3. The van der Waals surface area contributed by atoms with Crippen LogP contribution in [0.3, 0.4) is 0 Å². The van der Waals surface area contributed by atoms with Crippen LogP contribution < -0.4 is 5.32 Å². The van der Waals surface area contributed by atoms with E-state index in [1.807, 2.05) is 12.1 Å². The molecule has 4 rings (SSSR count). The molecular weight excluding hydrogens is 362 g/mol. The lowest BCUT2D eigenvalue weighted by atomic mass is 9.94. The summed E-state index contributed by atoms with van der Waals surface area (Å²) in [5.74, 6) is 1.42. The normalized spacial score (nSPS) is 21.9. The van der Waals surface area contributed by atoms with E-state index in [0.717, 1.165) is 70.7 Å². The van der Waals surface area contributed by atoms with E-state index >= 15 is 0 Å². The van der Waals surface area contributed by atoms with Crippen molar-refractivity contribution in [3.8, 4) is 0 Å². The minimum Gasteiger partial charge on any atom is -0.468 e. The first-order valence-corrected chi connectivity index (χ1v) is 11.1. The monoisotopic (exact) mass is 395 g/mol. The third kappa shape index (κ3) is 5.94. The molecule has 0 spiro atoms. The molecule has 1 aromatic carbocycles.